The topological polar surface area (TPSA) is 64.1 Å². The van der Waals surface area contributed by atoms with Crippen LogP contribution in [0.4, 0.5) is 0 Å². The third kappa shape index (κ3) is 1.89. The summed E-state index contributed by atoms with van der Waals surface area (Å²) >= 11 is 3.05. The van der Waals surface area contributed by atoms with Gasteiger partial charge >= 0.3 is 5.97 Å². The van der Waals surface area contributed by atoms with Gasteiger partial charge in [0, 0.05) is 6.54 Å². The van der Waals surface area contributed by atoms with Crippen molar-refractivity contribution in [2.24, 2.45) is 0 Å². The molecule has 0 amide bonds. The number of H-pyrrole nitrogens is 1. The summed E-state index contributed by atoms with van der Waals surface area (Å²) in [6.45, 7) is 4.28. The molecule has 0 radical (unpaired) electrons. The predicted octanol–water partition coefficient (Wildman–Crippen LogP) is 1.14. The predicted molar refractivity (Wildman–Crippen MR) is 54.4 cm³/mol. The first kappa shape index (κ1) is 11.0. The molecule has 1 aromatic rings. The number of nitrogens with zero attached hydrogens (tertiary/aromatic N) is 1. The summed E-state index contributed by atoms with van der Waals surface area (Å²) in [7, 11) is 0. The van der Waals surface area contributed by atoms with Crippen LogP contribution in [0.15, 0.2) is 9.27 Å². The average molecular weight is 263 g/mol. The van der Waals surface area contributed by atoms with Crippen molar-refractivity contribution in [3.63, 3.8) is 0 Å². The molecule has 0 saturated heterocycles. The highest BCUT2D eigenvalue weighted by molar-refractivity contribution is 9.10. The standard InChI is InChI=1S/C8H11BrN2O3/c1-3-11-7(12)5(9)6(10-11)8(13)14-4-2/h10H,3-4H2,1-2H3. The van der Waals surface area contributed by atoms with Gasteiger partial charge in [0.15, 0.2) is 5.69 Å². The zero-order valence-electron chi connectivity index (χ0n) is 7.96. The fourth-order valence-electron chi connectivity index (χ4n) is 1.02. The van der Waals surface area contributed by atoms with Gasteiger partial charge in [-0.25, -0.2) is 4.79 Å². The van der Waals surface area contributed by atoms with Crippen LogP contribution in [0.25, 0.3) is 0 Å². The number of hydrogen-bond acceptors (Lipinski definition) is 3. The van der Waals surface area contributed by atoms with Crippen molar-refractivity contribution in [3.8, 4) is 0 Å². The fraction of sp³-hybridized carbons (Fsp3) is 0.500. The van der Waals surface area contributed by atoms with Crippen LogP contribution in [0, 0.1) is 0 Å². The summed E-state index contributed by atoms with van der Waals surface area (Å²) in [5.41, 5.74) is -0.0887. The van der Waals surface area contributed by atoms with E-state index in [0.29, 0.717) is 6.54 Å². The van der Waals surface area contributed by atoms with E-state index in [1.807, 2.05) is 0 Å². The quantitative estimate of drug-likeness (QED) is 0.831. The van der Waals surface area contributed by atoms with Gasteiger partial charge in [-0.2, -0.15) is 0 Å². The summed E-state index contributed by atoms with van der Waals surface area (Å²) in [4.78, 5) is 22.7. The van der Waals surface area contributed by atoms with Crippen LogP contribution in [0.1, 0.15) is 24.3 Å². The molecule has 6 heteroatoms. The summed E-state index contributed by atoms with van der Waals surface area (Å²) in [5.74, 6) is -0.524. The second-order valence-electron chi connectivity index (χ2n) is 2.57. The molecule has 1 rings (SSSR count). The third-order valence-electron chi connectivity index (χ3n) is 1.69. The van der Waals surface area contributed by atoms with E-state index in [1.165, 1.54) is 4.68 Å². The van der Waals surface area contributed by atoms with Gasteiger partial charge < -0.3 is 4.74 Å². The van der Waals surface area contributed by atoms with Crippen molar-refractivity contribution in [1.82, 2.24) is 9.78 Å². The maximum Gasteiger partial charge on any atom is 0.357 e. The summed E-state index contributed by atoms with van der Waals surface area (Å²) < 4.78 is 6.32. The lowest BCUT2D eigenvalue weighted by atomic mass is 10.4. The molecule has 0 spiro atoms. The minimum atomic E-state index is -0.524. The lowest BCUT2D eigenvalue weighted by molar-refractivity contribution is 0.0517. The van der Waals surface area contributed by atoms with E-state index in [-0.39, 0.29) is 22.3 Å². The number of halogens is 1. The number of carbonyl (C=O) groups excluding carboxylic acids is 1. The van der Waals surface area contributed by atoms with Crippen LogP contribution >= 0.6 is 15.9 Å². The summed E-state index contributed by atoms with van der Waals surface area (Å²) in [6, 6.07) is 0. The van der Waals surface area contributed by atoms with Crippen LogP contribution in [-0.2, 0) is 11.3 Å². The lowest BCUT2D eigenvalue weighted by Gasteiger charge is -1.98. The molecule has 1 N–H and O–H groups in total. The highest BCUT2D eigenvalue weighted by Gasteiger charge is 2.18. The van der Waals surface area contributed by atoms with Crippen molar-refractivity contribution >= 4 is 21.9 Å². The maximum atomic E-state index is 11.4. The molecule has 0 bridgehead atoms. The first-order valence-corrected chi connectivity index (χ1v) is 5.06. The van der Waals surface area contributed by atoms with E-state index in [0.717, 1.165) is 0 Å². The van der Waals surface area contributed by atoms with Crippen molar-refractivity contribution in [3.05, 3.63) is 20.5 Å². The molecule has 0 unspecified atom stereocenters. The Morgan fingerprint density at radius 3 is 2.64 bits per heavy atom. The second kappa shape index (κ2) is 4.45. The SMILES string of the molecule is CCOC(=O)c1[nH]n(CC)c(=O)c1Br. The Morgan fingerprint density at radius 1 is 1.57 bits per heavy atom. The number of aromatic nitrogens is 2. The number of carbonyl (C=O) groups is 1. The van der Waals surface area contributed by atoms with Crippen LogP contribution < -0.4 is 5.56 Å². The second-order valence-corrected chi connectivity index (χ2v) is 3.36. The Kier molecular flexibility index (Phi) is 3.51. The zero-order valence-corrected chi connectivity index (χ0v) is 9.55. The molecule has 0 saturated carbocycles. The molecule has 5 nitrogen and oxygen atoms in total. The van der Waals surface area contributed by atoms with Crippen LogP contribution in [-0.4, -0.2) is 22.4 Å². The molecule has 0 atom stereocenters. The van der Waals surface area contributed by atoms with Crippen molar-refractivity contribution < 1.29 is 9.53 Å². The number of esters is 1. The van der Waals surface area contributed by atoms with E-state index in [9.17, 15) is 9.59 Å². The zero-order chi connectivity index (χ0) is 10.7. The first-order valence-electron chi connectivity index (χ1n) is 4.27. The number of aryl methyl sites for hydroxylation is 1. The molecule has 1 heterocycles. The largest absolute Gasteiger partial charge is 0.461 e. The van der Waals surface area contributed by atoms with Gasteiger partial charge in [0.2, 0.25) is 0 Å². The number of hydrogen-bond donors (Lipinski definition) is 1. The Morgan fingerprint density at radius 2 is 2.21 bits per heavy atom. The van der Waals surface area contributed by atoms with E-state index < -0.39 is 5.97 Å². The molecule has 0 aliphatic rings. The highest BCUT2D eigenvalue weighted by Crippen LogP contribution is 2.10. The van der Waals surface area contributed by atoms with E-state index in [4.69, 9.17) is 4.74 Å². The minimum Gasteiger partial charge on any atom is -0.461 e. The molecule has 0 aliphatic carbocycles. The van der Waals surface area contributed by atoms with E-state index >= 15 is 0 Å². The lowest BCUT2D eigenvalue weighted by Crippen LogP contribution is -2.15. The van der Waals surface area contributed by atoms with E-state index in [2.05, 4.69) is 21.0 Å². The van der Waals surface area contributed by atoms with Gasteiger partial charge in [0.25, 0.3) is 5.56 Å². The molecule has 0 aliphatic heterocycles. The van der Waals surface area contributed by atoms with Gasteiger partial charge in [0.05, 0.1) is 6.61 Å². The fourth-order valence-corrected chi connectivity index (χ4v) is 1.49. The molecular formula is C8H11BrN2O3. The van der Waals surface area contributed by atoms with Crippen LogP contribution in [0.5, 0.6) is 0 Å². The van der Waals surface area contributed by atoms with Gasteiger partial charge in [-0.1, -0.05) is 0 Å². The number of aromatic amines is 1. The highest BCUT2D eigenvalue weighted by atomic mass is 79.9. The Balaban J connectivity index is 3.10. The maximum absolute atomic E-state index is 11.4. The van der Waals surface area contributed by atoms with Crippen LogP contribution in [0.2, 0.25) is 0 Å². The van der Waals surface area contributed by atoms with Gasteiger partial charge in [-0.15, -0.1) is 0 Å². The third-order valence-corrected chi connectivity index (χ3v) is 2.43. The molecule has 0 aromatic carbocycles. The van der Waals surface area contributed by atoms with E-state index in [1.54, 1.807) is 13.8 Å². The minimum absolute atomic E-state index is 0.165. The Hall–Kier alpha value is -1.04. The van der Waals surface area contributed by atoms with Crippen molar-refractivity contribution in [1.29, 1.82) is 0 Å². The summed E-state index contributed by atoms with van der Waals surface area (Å²) in [6.07, 6.45) is 0. The number of rotatable bonds is 3. The molecular weight excluding hydrogens is 252 g/mol. The first-order chi connectivity index (χ1) is 6.61. The van der Waals surface area contributed by atoms with Gasteiger partial charge in [-0.3, -0.25) is 14.6 Å². The number of nitrogens with one attached hydrogen (secondary N) is 1. The average Bonchev–Trinajstić information content (AvgIpc) is 2.44. The Labute approximate surface area is 89.2 Å². The molecule has 1 aromatic heterocycles. The van der Waals surface area contributed by atoms with Gasteiger partial charge in [-0.05, 0) is 29.8 Å². The monoisotopic (exact) mass is 262 g/mol. The smallest absolute Gasteiger partial charge is 0.357 e. The number of ether oxygens (including phenoxy) is 1. The van der Waals surface area contributed by atoms with Crippen molar-refractivity contribution in [2.75, 3.05) is 6.61 Å². The van der Waals surface area contributed by atoms with Crippen LogP contribution in [0.3, 0.4) is 0 Å². The van der Waals surface area contributed by atoms with Gasteiger partial charge in [0.1, 0.15) is 4.47 Å². The molecule has 78 valence electrons. The summed E-state index contributed by atoms with van der Waals surface area (Å²) in [5, 5.41) is 2.67. The van der Waals surface area contributed by atoms with Crippen molar-refractivity contribution in [2.45, 2.75) is 20.4 Å². The Bertz CT molecular complexity index is 394. The molecule has 14 heavy (non-hydrogen) atoms. The molecule has 0 fully saturated rings. The normalized spacial score (nSPS) is 10.2.